The van der Waals surface area contributed by atoms with Gasteiger partial charge >= 0.3 is 0 Å². The van der Waals surface area contributed by atoms with Gasteiger partial charge in [0.25, 0.3) is 9.05 Å². The van der Waals surface area contributed by atoms with E-state index >= 15 is 0 Å². The molecule has 0 amide bonds. The van der Waals surface area contributed by atoms with Crippen molar-refractivity contribution in [2.75, 3.05) is 7.11 Å². The van der Waals surface area contributed by atoms with Crippen LogP contribution < -0.4 is 4.74 Å². The standard InChI is InChI=1S/C10H10ClNO3S/c1-12-6-10(16(11,13)14)8-4-3-7(15-2)5-9(8)12/h3-6H,1-2H3. The Hall–Kier alpha value is -1.20. The first kappa shape index (κ1) is 11.3. The third-order valence-corrected chi connectivity index (χ3v) is 3.77. The fourth-order valence-electron chi connectivity index (χ4n) is 1.65. The van der Waals surface area contributed by atoms with Crippen LogP contribution in [0.2, 0.25) is 0 Å². The zero-order valence-electron chi connectivity index (χ0n) is 8.77. The molecule has 0 atom stereocenters. The molecule has 6 heteroatoms. The van der Waals surface area contributed by atoms with Gasteiger partial charge in [-0.1, -0.05) is 0 Å². The molecule has 0 aliphatic rings. The number of halogens is 1. The molecule has 1 aromatic carbocycles. The Bertz CT molecular complexity index is 645. The topological polar surface area (TPSA) is 48.3 Å². The number of aryl methyl sites for hydroxylation is 1. The van der Waals surface area contributed by atoms with Crippen LogP contribution in [0.4, 0.5) is 0 Å². The van der Waals surface area contributed by atoms with Gasteiger partial charge in [-0.25, -0.2) is 8.42 Å². The van der Waals surface area contributed by atoms with Crippen LogP contribution in [0.3, 0.4) is 0 Å². The van der Waals surface area contributed by atoms with Crippen LogP contribution in [-0.2, 0) is 16.1 Å². The summed E-state index contributed by atoms with van der Waals surface area (Å²) in [5.41, 5.74) is 0.763. The molecule has 0 saturated carbocycles. The van der Waals surface area contributed by atoms with Gasteiger partial charge in [-0.2, -0.15) is 0 Å². The van der Waals surface area contributed by atoms with E-state index in [4.69, 9.17) is 15.4 Å². The van der Waals surface area contributed by atoms with E-state index in [2.05, 4.69) is 0 Å². The number of fused-ring (bicyclic) bond motifs is 1. The lowest BCUT2D eigenvalue weighted by molar-refractivity contribution is 0.415. The molecule has 0 spiro atoms. The summed E-state index contributed by atoms with van der Waals surface area (Å²) in [4.78, 5) is 0.120. The van der Waals surface area contributed by atoms with Crippen molar-refractivity contribution in [2.45, 2.75) is 4.90 Å². The monoisotopic (exact) mass is 259 g/mol. The van der Waals surface area contributed by atoms with Gasteiger partial charge in [-0.05, 0) is 12.1 Å². The number of rotatable bonds is 2. The van der Waals surface area contributed by atoms with Gasteiger partial charge in [0.2, 0.25) is 0 Å². The summed E-state index contributed by atoms with van der Waals surface area (Å²) in [6.07, 6.45) is 1.49. The fraction of sp³-hybridized carbons (Fsp3) is 0.200. The highest BCUT2D eigenvalue weighted by atomic mass is 35.7. The molecular formula is C10H10ClNO3S. The summed E-state index contributed by atoms with van der Waals surface area (Å²) in [6, 6.07) is 5.15. The fourth-order valence-corrected chi connectivity index (χ4v) is 2.74. The first-order valence-corrected chi connectivity index (χ1v) is 6.82. The Labute approximate surface area is 97.8 Å². The average Bonchev–Trinajstić information content (AvgIpc) is 2.55. The molecular weight excluding hydrogens is 250 g/mol. The van der Waals surface area contributed by atoms with Crippen LogP contribution >= 0.6 is 10.7 Å². The largest absolute Gasteiger partial charge is 0.497 e. The molecule has 0 unspecified atom stereocenters. The maximum Gasteiger partial charge on any atom is 0.263 e. The van der Waals surface area contributed by atoms with E-state index in [1.165, 1.54) is 6.20 Å². The lowest BCUT2D eigenvalue weighted by atomic mass is 10.2. The van der Waals surface area contributed by atoms with Crippen molar-refractivity contribution in [3.63, 3.8) is 0 Å². The molecule has 0 radical (unpaired) electrons. The Balaban J connectivity index is 2.82. The Morgan fingerprint density at radius 3 is 2.62 bits per heavy atom. The molecule has 0 N–H and O–H groups in total. The molecule has 4 nitrogen and oxygen atoms in total. The highest BCUT2D eigenvalue weighted by Gasteiger charge is 2.17. The molecule has 0 fully saturated rings. The van der Waals surface area contributed by atoms with Gasteiger partial charge in [0.15, 0.2) is 0 Å². The number of benzene rings is 1. The molecule has 2 rings (SSSR count). The molecule has 16 heavy (non-hydrogen) atoms. The predicted molar refractivity (Wildman–Crippen MR) is 62.5 cm³/mol. The van der Waals surface area contributed by atoms with E-state index in [-0.39, 0.29) is 4.90 Å². The van der Waals surface area contributed by atoms with E-state index in [0.29, 0.717) is 11.1 Å². The van der Waals surface area contributed by atoms with Crippen LogP contribution in [0.15, 0.2) is 29.3 Å². The Morgan fingerprint density at radius 2 is 2.06 bits per heavy atom. The minimum absolute atomic E-state index is 0.120. The summed E-state index contributed by atoms with van der Waals surface area (Å²) in [7, 11) is 4.95. The van der Waals surface area contributed by atoms with Crippen LogP contribution in [0.5, 0.6) is 5.75 Å². The minimum atomic E-state index is -3.72. The molecule has 0 aliphatic carbocycles. The maximum absolute atomic E-state index is 11.3. The van der Waals surface area contributed by atoms with E-state index in [1.54, 1.807) is 36.9 Å². The highest BCUT2D eigenvalue weighted by molar-refractivity contribution is 8.14. The van der Waals surface area contributed by atoms with Gasteiger partial charge in [0, 0.05) is 35.4 Å². The second kappa shape index (κ2) is 3.68. The van der Waals surface area contributed by atoms with Gasteiger partial charge < -0.3 is 9.30 Å². The number of hydrogen-bond donors (Lipinski definition) is 0. The summed E-state index contributed by atoms with van der Waals surface area (Å²) in [5, 5.41) is 0.596. The zero-order valence-corrected chi connectivity index (χ0v) is 10.3. The average molecular weight is 260 g/mol. The zero-order chi connectivity index (χ0) is 11.9. The molecule has 0 aliphatic heterocycles. The van der Waals surface area contributed by atoms with E-state index in [9.17, 15) is 8.42 Å². The van der Waals surface area contributed by atoms with Gasteiger partial charge in [0.1, 0.15) is 10.6 Å². The second-order valence-corrected chi connectivity index (χ2v) is 5.96. The van der Waals surface area contributed by atoms with E-state index in [0.717, 1.165) is 5.52 Å². The lowest BCUT2D eigenvalue weighted by Gasteiger charge is -2.00. The third kappa shape index (κ3) is 1.76. The third-order valence-electron chi connectivity index (χ3n) is 2.42. The van der Waals surface area contributed by atoms with Crippen molar-refractivity contribution in [1.82, 2.24) is 4.57 Å². The van der Waals surface area contributed by atoms with Gasteiger partial charge in [-0.3, -0.25) is 0 Å². The molecule has 2 aromatic rings. The number of aromatic nitrogens is 1. The summed E-state index contributed by atoms with van der Waals surface area (Å²) in [5.74, 6) is 0.673. The smallest absolute Gasteiger partial charge is 0.263 e. The first-order chi connectivity index (χ1) is 7.43. The van der Waals surface area contributed by atoms with Crippen molar-refractivity contribution in [3.05, 3.63) is 24.4 Å². The number of methoxy groups -OCH3 is 1. The van der Waals surface area contributed by atoms with Gasteiger partial charge in [-0.15, -0.1) is 0 Å². The quantitative estimate of drug-likeness (QED) is 0.776. The van der Waals surface area contributed by atoms with Crippen molar-refractivity contribution in [2.24, 2.45) is 7.05 Å². The summed E-state index contributed by atoms with van der Waals surface area (Å²) >= 11 is 0. The van der Waals surface area contributed by atoms with Crippen LogP contribution in [0.1, 0.15) is 0 Å². The maximum atomic E-state index is 11.3. The first-order valence-electron chi connectivity index (χ1n) is 4.51. The van der Waals surface area contributed by atoms with E-state index < -0.39 is 9.05 Å². The van der Waals surface area contributed by atoms with Crippen molar-refractivity contribution in [1.29, 1.82) is 0 Å². The predicted octanol–water partition coefficient (Wildman–Crippen LogP) is 2.11. The van der Waals surface area contributed by atoms with Crippen molar-refractivity contribution >= 4 is 30.6 Å². The summed E-state index contributed by atoms with van der Waals surface area (Å²) in [6.45, 7) is 0. The molecule has 1 aromatic heterocycles. The Morgan fingerprint density at radius 1 is 1.38 bits per heavy atom. The lowest BCUT2D eigenvalue weighted by Crippen LogP contribution is -1.88. The highest BCUT2D eigenvalue weighted by Crippen LogP contribution is 2.29. The summed E-state index contributed by atoms with van der Waals surface area (Å²) < 4.78 is 29.4. The molecule has 1 heterocycles. The number of nitrogens with zero attached hydrogens (tertiary/aromatic N) is 1. The van der Waals surface area contributed by atoms with Crippen molar-refractivity contribution < 1.29 is 13.2 Å². The molecule has 86 valence electrons. The number of ether oxygens (including phenoxy) is 1. The molecule has 0 saturated heterocycles. The molecule has 0 bridgehead atoms. The van der Waals surface area contributed by atoms with Crippen LogP contribution in [-0.4, -0.2) is 20.1 Å². The SMILES string of the molecule is COc1ccc2c(S(=O)(=O)Cl)cn(C)c2c1. The van der Waals surface area contributed by atoms with Crippen LogP contribution in [0, 0.1) is 0 Å². The van der Waals surface area contributed by atoms with E-state index in [1.807, 2.05) is 0 Å². The van der Waals surface area contributed by atoms with Crippen LogP contribution in [0.25, 0.3) is 10.9 Å². The minimum Gasteiger partial charge on any atom is -0.497 e. The second-order valence-electron chi connectivity index (χ2n) is 3.43. The normalized spacial score (nSPS) is 11.9. The number of hydrogen-bond acceptors (Lipinski definition) is 3. The van der Waals surface area contributed by atoms with Crippen molar-refractivity contribution in [3.8, 4) is 5.75 Å². The van der Waals surface area contributed by atoms with Gasteiger partial charge in [0.05, 0.1) is 12.6 Å². The Kier molecular flexibility index (Phi) is 2.59.